The van der Waals surface area contributed by atoms with Crippen molar-refractivity contribution in [2.45, 2.75) is 25.7 Å². The smallest absolute Gasteiger partial charge is 0.0594 e. The molecule has 0 spiro atoms. The molecular formula is C11H13BrN2. The molecule has 0 saturated carbocycles. The summed E-state index contributed by atoms with van der Waals surface area (Å²) in [7, 11) is 0. The number of nitrogens with two attached hydrogens (primary N) is 1. The van der Waals surface area contributed by atoms with Crippen molar-refractivity contribution < 1.29 is 0 Å². The predicted molar refractivity (Wildman–Crippen MR) is 62.8 cm³/mol. The third-order valence-electron chi connectivity index (χ3n) is 2.58. The van der Waals surface area contributed by atoms with Crippen LogP contribution in [0.15, 0.2) is 22.9 Å². The van der Waals surface area contributed by atoms with Crippen LogP contribution in [0, 0.1) is 0 Å². The summed E-state index contributed by atoms with van der Waals surface area (Å²) in [5.74, 6) is 0. The first-order chi connectivity index (χ1) is 6.79. The SMILES string of the molecule is Nc1c(Br)cncc1C1=CCCCC1. The minimum Gasteiger partial charge on any atom is -0.397 e. The van der Waals surface area contributed by atoms with E-state index in [0.717, 1.165) is 22.1 Å². The van der Waals surface area contributed by atoms with Crippen LogP contribution < -0.4 is 5.73 Å². The molecule has 74 valence electrons. The molecule has 0 bridgehead atoms. The summed E-state index contributed by atoms with van der Waals surface area (Å²) < 4.78 is 0.890. The third-order valence-corrected chi connectivity index (χ3v) is 3.21. The van der Waals surface area contributed by atoms with Crippen LogP contribution in [0.4, 0.5) is 5.69 Å². The van der Waals surface area contributed by atoms with Crippen molar-refractivity contribution in [3.63, 3.8) is 0 Å². The van der Waals surface area contributed by atoms with Gasteiger partial charge in [-0.3, -0.25) is 4.98 Å². The zero-order valence-electron chi connectivity index (χ0n) is 7.96. The number of pyridine rings is 1. The Morgan fingerprint density at radius 1 is 1.29 bits per heavy atom. The van der Waals surface area contributed by atoms with E-state index in [1.54, 1.807) is 6.20 Å². The Kier molecular flexibility index (Phi) is 2.87. The van der Waals surface area contributed by atoms with Gasteiger partial charge in [0.15, 0.2) is 0 Å². The average Bonchev–Trinajstić information content (AvgIpc) is 2.23. The fourth-order valence-corrected chi connectivity index (χ4v) is 2.12. The number of allylic oxidation sites excluding steroid dienone is 2. The first-order valence-corrected chi connectivity index (χ1v) is 5.66. The zero-order chi connectivity index (χ0) is 9.97. The zero-order valence-corrected chi connectivity index (χ0v) is 9.55. The van der Waals surface area contributed by atoms with Gasteiger partial charge in [0.2, 0.25) is 0 Å². The van der Waals surface area contributed by atoms with Gasteiger partial charge in [-0.15, -0.1) is 0 Å². The molecule has 2 nitrogen and oxygen atoms in total. The minimum absolute atomic E-state index is 0.813. The summed E-state index contributed by atoms with van der Waals surface area (Å²) in [5, 5.41) is 0. The van der Waals surface area contributed by atoms with E-state index < -0.39 is 0 Å². The second kappa shape index (κ2) is 4.13. The van der Waals surface area contributed by atoms with E-state index in [2.05, 4.69) is 27.0 Å². The molecule has 1 aliphatic carbocycles. The molecule has 2 N–H and O–H groups in total. The number of anilines is 1. The molecule has 1 aromatic heterocycles. The van der Waals surface area contributed by atoms with Crippen molar-refractivity contribution in [1.29, 1.82) is 0 Å². The van der Waals surface area contributed by atoms with Gasteiger partial charge in [-0.25, -0.2) is 0 Å². The monoisotopic (exact) mass is 252 g/mol. The highest BCUT2D eigenvalue weighted by atomic mass is 79.9. The summed E-state index contributed by atoms with van der Waals surface area (Å²) in [6.07, 6.45) is 10.7. The highest BCUT2D eigenvalue weighted by molar-refractivity contribution is 9.10. The lowest BCUT2D eigenvalue weighted by Crippen LogP contribution is -1.99. The lowest BCUT2D eigenvalue weighted by molar-refractivity contribution is 0.742. The van der Waals surface area contributed by atoms with Crippen LogP contribution in [0.3, 0.4) is 0 Å². The normalized spacial score (nSPS) is 16.5. The Balaban J connectivity index is 2.40. The Morgan fingerprint density at radius 3 is 2.86 bits per heavy atom. The van der Waals surface area contributed by atoms with Crippen LogP contribution in [-0.2, 0) is 0 Å². The Morgan fingerprint density at radius 2 is 2.14 bits per heavy atom. The van der Waals surface area contributed by atoms with Crippen molar-refractivity contribution in [3.8, 4) is 0 Å². The number of rotatable bonds is 1. The first kappa shape index (κ1) is 9.71. The van der Waals surface area contributed by atoms with Gasteiger partial charge < -0.3 is 5.73 Å². The second-order valence-corrected chi connectivity index (χ2v) is 4.41. The largest absolute Gasteiger partial charge is 0.397 e. The molecule has 0 saturated heterocycles. The Hall–Kier alpha value is -0.830. The van der Waals surface area contributed by atoms with E-state index in [-0.39, 0.29) is 0 Å². The lowest BCUT2D eigenvalue weighted by atomic mass is 9.94. The van der Waals surface area contributed by atoms with Gasteiger partial charge in [0.1, 0.15) is 0 Å². The fraction of sp³-hybridized carbons (Fsp3) is 0.364. The number of nitrogens with zero attached hydrogens (tertiary/aromatic N) is 1. The highest BCUT2D eigenvalue weighted by Crippen LogP contribution is 2.32. The molecule has 1 aromatic rings. The van der Waals surface area contributed by atoms with Gasteiger partial charge in [-0.05, 0) is 47.2 Å². The van der Waals surface area contributed by atoms with Crippen LogP contribution in [0.5, 0.6) is 0 Å². The third kappa shape index (κ3) is 1.82. The molecule has 0 aliphatic heterocycles. The van der Waals surface area contributed by atoms with E-state index in [1.807, 2.05) is 6.20 Å². The van der Waals surface area contributed by atoms with Crippen LogP contribution in [-0.4, -0.2) is 4.98 Å². The standard InChI is InChI=1S/C11H13BrN2/c12-10-7-14-6-9(11(10)13)8-4-2-1-3-5-8/h4,6-7H,1-3,5H2,(H2,13,14). The maximum atomic E-state index is 5.99. The topological polar surface area (TPSA) is 38.9 Å². The number of aromatic nitrogens is 1. The quantitative estimate of drug-likeness (QED) is 0.833. The molecule has 0 radical (unpaired) electrons. The molecular weight excluding hydrogens is 240 g/mol. The van der Waals surface area contributed by atoms with Gasteiger partial charge in [0.05, 0.1) is 10.2 Å². The van der Waals surface area contributed by atoms with Crippen LogP contribution in [0.2, 0.25) is 0 Å². The lowest BCUT2D eigenvalue weighted by Gasteiger charge is -2.14. The summed E-state index contributed by atoms with van der Waals surface area (Å²) in [6, 6.07) is 0. The van der Waals surface area contributed by atoms with Gasteiger partial charge in [-0.2, -0.15) is 0 Å². The molecule has 2 rings (SSSR count). The van der Waals surface area contributed by atoms with Crippen molar-refractivity contribution in [3.05, 3.63) is 28.5 Å². The number of halogens is 1. The van der Waals surface area contributed by atoms with E-state index in [0.29, 0.717) is 0 Å². The van der Waals surface area contributed by atoms with E-state index in [1.165, 1.54) is 24.8 Å². The maximum Gasteiger partial charge on any atom is 0.0594 e. The highest BCUT2D eigenvalue weighted by Gasteiger charge is 2.10. The first-order valence-electron chi connectivity index (χ1n) is 4.87. The molecule has 0 unspecified atom stereocenters. The second-order valence-electron chi connectivity index (χ2n) is 3.56. The molecule has 0 atom stereocenters. The number of nitrogen functional groups attached to an aromatic ring is 1. The van der Waals surface area contributed by atoms with Gasteiger partial charge in [0, 0.05) is 18.0 Å². The van der Waals surface area contributed by atoms with Crippen LogP contribution in [0.25, 0.3) is 5.57 Å². The van der Waals surface area contributed by atoms with Gasteiger partial charge in [0.25, 0.3) is 0 Å². The summed E-state index contributed by atoms with van der Waals surface area (Å²) in [6.45, 7) is 0. The molecule has 1 aliphatic rings. The van der Waals surface area contributed by atoms with Gasteiger partial charge >= 0.3 is 0 Å². The minimum atomic E-state index is 0.813. The van der Waals surface area contributed by atoms with Crippen molar-refractivity contribution >= 4 is 27.2 Å². The van der Waals surface area contributed by atoms with E-state index in [9.17, 15) is 0 Å². The fourth-order valence-electron chi connectivity index (χ4n) is 1.78. The Bertz CT molecular complexity index is 372. The predicted octanol–water partition coefficient (Wildman–Crippen LogP) is 3.38. The van der Waals surface area contributed by atoms with Crippen molar-refractivity contribution in [2.24, 2.45) is 0 Å². The summed E-state index contributed by atoms with van der Waals surface area (Å²) in [5.41, 5.74) is 9.24. The summed E-state index contributed by atoms with van der Waals surface area (Å²) >= 11 is 3.40. The van der Waals surface area contributed by atoms with E-state index in [4.69, 9.17) is 5.73 Å². The molecule has 0 amide bonds. The molecule has 0 aromatic carbocycles. The van der Waals surface area contributed by atoms with E-state index >= 15 is 0 Å². The molecule has 1 heterocycles. The molecule has 0 fully saturated rings. The molecule has 14 heavy (non-hydrogen) atoms. The maximum absolute atomic E-state index is 5.99. The Labute approximate surface area is 92.4 Å². The van der Waals surface area contributed by atoms with Crippen LogP contribution >= 0.6 is 15.9 Å². The molecule has 3 heteroatoms. The number of hydrogen-bond donors (Lipinski definition) is 1. The van der Waals surface area contributed by atoms with Crippen LogP contribution in [0.1, 0.15) is 31.2 Å². The summed E-state index contributed by atoms with van der Waals surface area (Å²) in [4.78, 5) is 4.15. The van der Waals surface area contributed by atoms with Gasteiger partial charge in [-0.1, -0.05) is 6.08 Å². The van der Waals surface area contributed by atoms with Crippen molar-refractivity contribution in [2.75, 3.05) is 5.73 Å². The average molecular weight is 253 g/mol. The van der Waals surface area contributed by atoms with Crippen molar-refractivity contribution in [1.82, 2.24) is 4.98 Å². The number of hydrogen-bond acceptors (Lipinski definition) is 2.